The number of hydrogen-bond donors (Lipinski definition) is 1. The van der Waals surface area contributed by atoms with E-state index in [0.29, 0.717) is 11.3 Å². The molecule has 1 aromatic rings. The zero-order valence-corrected chi connectivity index (χ0v) is 14.5. The maximum absolute atomic E-state index is 13.0. The Morgan fingerprint density at radius 3 is 2.40 bits per heavy atom. The quantitative estimate of drug-likeness (QED) is 0.884. The van der Waals surface area contributed by atoms with E-state index in [1.54, 1.807) is 45.0 Å². The van der Waals surface area contributed by atoms with Crippen molar-refractivity contribution in [2.24, 2.45) is 5.92 Å². The molecule has 0 aliphatic carbocycles. The number of rotatable bonds is 5. The van der Waals surface area contributed by atoms with Gasteiger partial charge in [-0.05, 0) is 18.4 Å². The van der Waals surface area contributed by atoms with Crippen molar-refractivity contribution >= 4 is 23.7 Å². The first kappa shape index (κ1) is 18.5. The highest BCUT2D eigenvalue weighted by Gasteiger charge is 2.41. The van der Waals surface area contributed by atoms with E-state index in [-0.39, 0.29) is 12.5 Å². The molecule has 1 aliphatic rings. The lowest BCUT2D eigenvalue weighted by Gasteiger charge is -2.40. The largest absolute Gasteiger partial charge is 0.480 e. The van der Waals surface area contributed by atoms with Crippen molar-refractivity contribution < 1.29 is 24.2 Å². The number of benzene rings is 1. The molecular formula is C18H22N2O5. The first-order chi connectivity index (χ1) is 11.9. The van der Waals surface area contributed by atoms with Gasteiger partial charge in [0, 0.05) is 6.20 Å². The van der Waals surface area contributed by atoms with Crippen LogP contribution in [0.5, 0.6) is 0 Å². The minimum atomic E-state index is -1.12. The lowest BCUT2D eigenvalue weighted by molar-refractivity contribution is -0.144. The predicted molar refractivity (Wildman–Crippen MR) is 91.3 cm³/mol. The fourth-order valence-corrected chi connectivity index (χ4v) is 2.79. The molecule has 0 saturated carbocycles. The molecular weight excluding hydrogens is 324 g/mol. The van der Waals surface area contributed by atoms with Gasteiger partial charge in [0.1, 0.15) is 12.6 Å². The summed E-state index contributed by atoms with van der Waals surface area (Å²) in [5.41, 5.74) is 1.01. The number of amides is 2. The van der Waals surface area contributed by atoms with E-state index in [1.165, 1.54) is 16.0 Å². The standard InChI is InChI=1S/C18H22N2O5/c1-4-25-18(24)20-10-14(13-8-6-5-7-9-13)19(11-15(21)22)17(23)16(20)12(2)3/h5-10,12,16H,4,11H2,1-3H3,(H,21,22). The van der Waals surface area contributed by atoms with Gasteiger partial charge < -0.3 is 9.84 Å². The Morgan fingerprint density at radius 1 is 1.24 bits per heavy atom. The third-order valence-electron chi connectivity index (χ3n) is 3.84. The van der Waals surface area contributed by atoms with Crippen molar-refractivity contribution in [3.63, 3.8) is 0 Å². The number of hydrogen-bond acceptors (Lipinski definition) is 4. The Bertz CT molecular complexity index is 684. The van der Waals surface area contributed by atoms with Gasteiger partial charge in [-0.2, -0.15) is 0 Å². The molecule has 1 N–H and O–H groups in total. The van der Waals surface area contributed by atoms with Crippen LogP contribution in [0.25, 0.3) is 5.70 Å². The van der Waals surface area contributed by atoms with Crippen LogP contribution in [-0.2, 0) is 14.3 Å². The molecule has 1 atom stereocenters. The number of carbonyl (C=O) groups excluding carboxylic acids is 2. The van der Waals surface area contributed by atoms with Gasteiger partial charge in [-0.1, -0.05) is 44.2 Å². The molecule has 0 saturated heterocycles. The summed E-state index contributed by atoms with van der Waals surface area (Å²) in [6.45, 7) is 5.00. The summed E-state index contributed by atoms with van der Waals surface area (Å²) >= 11 is 0. The lowest BCUT2D eigenvalue weighted by Crippen LogP contribution is -2.55. The highest BCUT2D eigenvalue weighted by molar-refractivity contribution is 5.98. The van der Waals surface area contributed by atoms with Crippen LogP contribution < -0.4 is 0 Å². The molecule has 7 nitrogen and oxygen atoms in total. The Morgan fingerprint density at radius 2 is 1.88 bits per heavy atom. The van der Waals surface area contributed by atoms with E-state index in [0.717, 1.165) is 0 Å². The average molecular weight is 346 g/mol. The van der Waals surface area contributed by atoms with E-state index in [9.17, 15) is 19.5 Å². The monoisotopic (exact) mass is 346 g/mol. The van der Waals surface area contributed by atoms with Crippen molar-refractivity contribution in [2.45, 2.75) is 26.8 Å². The van der Waals surface area contributed by atoms with Crippen LogP contribution in [0.2, 0.25) is 0 Å². The summed E-state index contributed by atoms with van der Waals surface area (Å²) in [5, 5.41) is 9.21. The molecule has 1 aliphatic heterocycles. The maximum Gasteiger partial charge on any atom is 0.414 e. The number of carboxylic acids is 1. The smallest absolute Gasteiger partial charge is 0.414 e. The van der Waals surface area contributed by atoms with Crippen molar-refractivity contribution in [2.75, 3.05) is 13.2 Å². The van der Waals surface area contributed by atoms with Crippen LogP contribution in [-0.4, -0.2) is 52.1 Å². The Balaban J connectivity index is 2.56. The Kier molecular flexibility index (Phi) is 5.80. The highest BCUT2D eigenvalue weighted by Crippen LogP contribution is 2.30. The predicted octanol–water partition coefficient (Wildman–Crippen LogP) is 2.39. The second kappa shape index (κ2) is 7.83. The van der Waals surface area contributed by atoms with Gasteiger partial charge in [0.25, 0.3) is 5.91 Å². The van der Waals surface area contributed by atoms with E-state index in [4.69, 9.17) is 4.74 Å². The first-order valence-corrected chi connectivity index (χ1v) is 8.12. The van der Waals surface area contributed by atoms with Crippen molar-refractivity contribution in [3.8, 4) is 0 Å². The van der Waals surface area contributed by atoms with Gasteiger partial charge in [0.05, 0.1) is 12.3 Å². The number of ether oxygens (including phenoxy) is 1. The number of nitrogens with zero attached hydrogens (tertiary/aromatic N) is 2. The molecule has 2 amide bonds. The van der Waals surface area contributed by atoms with Crippen LogP contribution in [0.4, 0.5) is 4.79 Å². The van der Waals surface area contributed by atoms with E-state index in [2.05, 4.69) is 0 Å². The molecule has 134 valence electrons. The molecule has 0 radical (unpaired) electrons. The molecule has 0 aromatic heterocycles. The summed E-state index contributed by atoms with van der Waals surface area (Å²) < 4.78 is 5.07. The van der Waals surface area contributed by atoms with Crippen LogP contribution in [0, 0.1) is 5.92 Å². The van der Waals surface area contributed by atoms with Gasteiger partial charge in [-0.3, -0.25) is 19.4 Å². The van der Waals surface area contributed by atoms with E-state index >= 15 is 0 Å². The van der Waals surface area contributed by atoms with Crippen LogP contribution in [0.1, 0.15) is 26.3 Å². The minimum Gasteiger partial charge on any atom is -0.480 e. The topological polar surface area (TPSA) is 87.2 Å². The second-order valence-corrected chi connectivity index (χ2v) is 5.99. The lowest BCUT2D eigenvalue weighted by atomic mass is 9.97. The van der Waals surface area contributed by atoms with Crippen LogP contribution in [0.3, 0.4) is 0 Å². The fourth-order valence-electron chi connectivity index (χ4n) is 2.79. The van der Waals surface area contributed by atoms with Crippen LogP contribution >= 0.6 is 0 Å². The molecule has 2 rings (SSSR count). The third-order valence-corrected chi connectivity index (χ3v) is 3.84. The summed E-state index contributed by atoms with van der Waals surface area (Å²) in [6.07, 6.45) is 0.875. The van der Waals surface area contributed by atoms with E-state index < -0.39 is 30.6 Å². The molecule has 1 heterocycles. The minimum absolute atomic E-state index is 0.182. The summed E-state index contributed by atoms with van der Waals surface area (Å²) in [4.78, 5) is 39.0. The molecule has 0 fully saturated rings. The van der Waals surface area contributed by atoms with Gasteiger partial charge in [-0.15, -0.1) is 0 Å². The van der Waals surface area contributed by atoms with Gasteiger partial charge >= 0.3 is 12.1 Å². The molecule has 0 bridgehead atoms. The Hall–Kier alpha value is -2.83. The maximum atomic E-state index is 13.0. The molecule has 7 heteroatoms. The van der Waals surface area contributed by atoms with Crippen molar-refractivity contribution in [3.05, 3.63) is 42.1 Å². The zero-order valence-electron chi connectivity index (χ0n) is 14.5. The number of aliphatic carboxylic acids is 1. The molecule has 1 unspecified atom stereocenters. The normalized spacial score (nSPS) is 17.5. The SMILES string of the molecule is CCOC(=O)N1C=C(c2ccccc2)N(CC(=O)O)C(=O)C1C(C)C. The Labute approximate surface area is 146 Å². The molecule has 25 heavy (non-hydrogen) atoms. The molecule has 1 aromatic carbocycles. The average Bonchev–Trinajstić information content (AvgIpc) is 2.56. The molecule has 0 spiro atoms. The third kappa shape index (κ3) is 3.99. The summed E-state index contributed by atoms with van der Waals surface area (Å²) in [6, 6.07) is 8.08. The van der Waals surface area contributed by atoms with Gasteiger partial charge in [-0.25, -0.2) is 4.79 Å². The van der Waals surface area contributed by atoms with Gasteiger partial charge in [0.2, 0.25) is 0 Å². The zero-order chi connectivity index (χ0) is 18.6. The summed E-state index contributed by atoms with van der Waals surface area (Å²) in [5.74, 6) is -1.77. The van der Waals surface area contributed by atoms with Crippen LogP contribution in [0.15, 0.2) is 36.5 Å². The van der Waals surface area contributed by atoms with E-state index in [1.807, 2.05) is 6.07 Å². The summed E-state index contributed by atoms with van der Waals surface area (Å²) in [7, 11) is 0. The number of carbonyl (C=O) groups is 3. The fraction of sp³-hybridized carbons (Fsp3) is 0.389. The van der Waals surface area contributed by atoms with Crippen molar-refractivity contribution in [1.29, 1.82) is 0 Å². The highest BCUT2D eigenvalue weighted by atomic mass is 16.6. The first-order valence-electron chi connectivity index (χ1n) is 8.12. The second-order valence-electron chi connectivity index (χ2n) is 5.99. The van der Waals surface area contributed by atoms with Gasteiger partial charge in [0.15, 0.2) is 0 Å². The number of carboxylic acid groups (broad SMARTS) is 1. The van der Waals surface area contributed by atoms with Crippen molar-refractivity contribution in [1.82, 2.24) is 9.80 Å².